The fourth-order valence-electron chi connectivity index (χ4n) is 3.94. The van der Waals surface area contributed by atoms with Crippen molar-refractivity contribution in [3.05, 3.63) is 113 Å². The van der Waals surface area contributed by atoms with Crippen LogP contribution in [-0.4, -0.2) is 32.1 Å². The van der Waals surface area contributed by atoms with Crippen LogP contribution in [0.25, 0.3) is 16.5 Å². The van der Waals surface area contributed by atoms with E-state index in [-0.39, 0.29) is 5.91 Å². The summed E-state index contributed by atoms with van der Waals surface area (Å²) in [5, 5.41) is 19.0. The Morgan fingerprint density at radius 3 is 2.61 bits per heavy atom. The topological polar surface area (TPSA) is 84.2 Å². The molecule has 1 atom stereocenters. The summed E-state index contributed by atoms with van der Waals surface area (Å²) < 4.78 is 2.93. The van der Waals surface area contributed by atoms with Gasteiger partial charge in [0.05, 0.1) is 18.0 Å². The fraction of sp³-hybridized carbons (Fsp3) is 0.103. The van der Waals surface area contributed by atoms with Crippen LogP contribution in [0.4, 0.5) is 5.69 Å². The van der Waals surface area contributed by atoms with Crippen molar-refractivity contribution in [2.75, 3.05) is 5.32 Å². The lowest BCUT2D eigenvalue weighted by Gasteiger charge is -2.14. The minimum atomic E-state index is -0.444. The molecule has 0 aliphatic rings. The van der Waals surface area contributed by atoms with Gasteiger partial charge in [-0.2, -0.15) is 5.10 Å². The summed E-state index contributed by atoms with van der Waals surface area (Å²) in [6, 6.07) is 32.0. The first kappa shape index (κ1) is 25.7. The Labute approximate surface area is 233 Å². The average molecular weight is 586 g/mol. The van der Waals surface area contributed by atoms with E-state index < -0.39 is 5.25 Å². The SMILES string of the molecule is CC(Sc1nnc(CNc2cccc3ccccc23)n1-c1ccccc1)C(=O)N/N=C/c1cccc(Br)c1. The van der Waals surface area contributed by atoms with Crippen molar-refractivity contribution in [3.63, 3.8) is 0 Å². The van der Waals surface area contributed by atoms with Crippen LogP contribution in [0.2, 0.25) is 0 Å². The standard InChI is InChI=1S/C29H25BrN6OS/c1-20(28(37)34-32-18-21-9-7-12-23(30)17-21)38-29-35-33-27(36(29)24-13-3-2-4-14-24)19-31-26-16-8-11-22-10-5-6-15-25(22)26/h2-18,20,31H,19H2,1H3,(H,34,37)/b32-18+. The summed E-state index contributed by atoms with van der Waals surface area (Å²) in [5.41, 5.74) is 5.46. The molecule has 5 rings (SSSR count). The molecule has 38 heavy (non-hydrogen) atoms. The smallest absolute Gasteiger partial charge is 0.253 e. The van der Waals surface area contributed by atoms with E-state index in [0.717, 1.165) is 32.6 Å². The highest BCUT2D eigenvalue weighted by molar-refractivity contribution is 9.10. The van der Waals surface area contributed by atoms with Crippen LogP contribution >= 0.6 is 27.7 Å². The number of amides is 1. The normalized spacial score (nSPS) is 12.1. The van der Waals surface area contributed by atoms with Gasteiger partial charge in [-0.05, 0) is 48.2 Å². The van der Waals surface area contributed by atoms with E-state index in [9.17, 15) is 4.79 Å². The number of carbonyl (C=O) groups excluding carboxylic acids is 1. The molecule has 0 fully saturated rings. The van der Waals surface area contributed by atoms with E-state index in [0.29, 0.717) is 11.7 Å². The quantitative estimate of drug-likeness (QED) is 0.118. The van der Waals surface area contributed by atoms with Gasteiger partial charge in [-0.15, -0.1) is 10.2 Å². The zero-order valence-corrected chi connectivity index (χ0v) is 23.0. The number of aromatic nitrogens is 3. The van der Waals surface area contributed by atoms with E-state index in [4.69, 9.17) is 0 Å². The Balaban J connectivity index is 1.33. The molecule has 5 aromatic rings. The summed E-state index contributed by atoms with van der Waals surface area (Å²) >= 11 is 4.77. The Bertz CT molecular complexity index is 1580. The van der Waals surface area contributed by atoms with Crippen LogP contribution in [0.3, 0.4) is 0 Å². The van der Waals surface area contributed by atoms with Crippen LogP contribution < -0.4 is 10.7 Å². The number of hydrazone groups is 1. The molecule has 9 heteroatoms. The van der Waals surface area contributed by atoms with Crippen LogP contribution in [0, 0.1) is 0 Å². The molecule has 2 N–H and O–H groups in total. The van der Waals surface area contributed by atoms with Crippen molar-refractivity contribution in [2.45, 2.75) is 23.9 Å². The lowest BCUT2D eigenvalue weighted by molar-refractivity contribution is -0.120. The third-order valence-electron chi connectivity index (χ3n) is 5.83. The Morgan fingerprint density at radius 2 is 1.76 bits per heavy atom. The third kappa shape index (κ3) is 6.12. The second-order valence-electron chi connectivity index (χ2n) is 8.50. The predicted octanol–water partition coefficient (Wildman–Crippen LogP) is 6.43. The maximum atomic E-state index is 12.8. The monoisotopic (exact) mass is 584 g/mol. The molecule has 1 heterocycles. The lowest BCUT2D eigenvalue weighted by Crippen LogP contribution is -2.27. The van der Waals surface area contributed by atoms with Crippen molar-refractivity contribution < 1.29 is 4.79 Å². The second kappa shape index (κ2) is 12.1. The third-order valence-corrected chi connectivity index (χ3v) is 7.37. The van der Waals surface area contributed by atoms with Gasteiger partial charge in [0, 0.05) is 21.2 Å². The number of thioether (sulfide) groups is 1. The number of hydrogen-bond donors (Lipinski definition) is 2. The second-order valence-corrected chi connectivity index (χ2v) is 10.7. The maximum Gasteiger partial charge on any atom is 0.253 e. The van der Waals surface area contributed by atoms with E-state index >= 15 is 0 Å². The van der Waals surface area contributed by atoms with E-state index in [2.05, 4.69) is 66.2 Å². The molecule has 4 aromatic carbocycles. The maximum absolute atomic E-state index is 12.8. The number of anilines is 1. The summed E-state index contributed by atoms with van der Waals surface area (Å²) in [6.45, 7) is 2.29. The summed E-state index contributed by atoms with van der Waals surface area (Å²) in [7, 11) is 0. The molecule has 0 saturated heterocycles. The number of nitrogens with zero attached hydrogens (tertiary/aromatic N) is 4. The summed E-state index contributed by atoms with van der Waals surface area (Å²) in [4.78, 5) is 12.8. The number of rotatable bonds is 9. The largest absolute Gasteiger partial charge is 0.377 e. The lowest BCUT2D eigenvalue weighted by atomic mass is 10.1. The van der Waals surface area contributed by atoms with Crippen molar-refractivity contribution in [1.29, 1.82) is 0 Å². The number of nitrogens with one attached hydrogen (secondary N) is 2. The highest BCUT2D eigenvalue weighted by Gasteiger charge is 2.21. The zero-order chi connectivity index (χ0) is 26.3. The van der Waals surface area contributed by atoms with Gasteiger partial charge in [0.15, 0.2) is 11.0 Å². The number of fused-ring (bicyclic) bond motifs is 1. The van der Waals surface area contributed by atoms with Gasteiger partial charge in [0.1, 0.15) is 0 Å². The van der Waals surface area contributed by atoms with Crippen molar-refractivity contribution >= 4 is 56.3 Å². The minimum Gasteiger partial charge on any atom is -0.377 e. The molecule has 1 amide bonds. The number of halogens is 1. The van der Waals surface area contributed by atoms with Gasteiger partial charge in [-0.25, -0.2) is 5.43 Å². The molecule has 0 radical (unpaired) electrons. The Morgan fingerprint density at radius 1 is 1.00 bits per heavy atom. The van der Waals surface area contributed by atoms with Gasteiger partial charge in [-0.3, -0.25) is 9.36 Å². The molecular formula is C29H25BrN6OS. The summed E-state index contributed by atoms with van der Waals surface area (Å²) in [5.74, 6) is 0.520. The molecule has 190 valence electrons. The van der Waals surface area contributed by atoms with E-state index in [1.807, 2.05) is 84.3 Å². The average Bonchev–Trinajstić information content (AvgIpc) is 3.34. The highest BCUT2D eigenvalue weighted by Crippen LogP contribution is 2.27. The van der Waals surface area contributed by atoms with Gasteiger partial charge >= 0.3 is 0 Å². The predicted molar refractivity (Wildman–Crippen MR) is 158 cm³/mol. The molecule has 7 nitrogen and oxygen atoms in total. The van der Waals surface area contributed by atoms with Crippen molar-refractivity contribution in [3.8, 4) is 5.69 Å². The van der Waals surface area contributed by atoms with E-state index in [1.54, 1.807) is 6.21 Å². The highest BCUT2D eigenvalue weighted by atomic mass is 79.9. The Kier molecular flexibility index (Phi) is 8.15. The number of hydrogen-bond acceptors (Lipinski definition) is 6. The molecule has 0 aliphatic carbocycles. The fourth-order valence-corrected chi connectivity index (χ4v) is 5.24. The van der Waals surface area contributed by atoms with Crippen LogP contribution in [0.1, 0.15) is 18.3 Å². The molecular weight excluding hydrogens is 560 g/mol. The van der Waals surface area contributed by atoms with Gasteiger partial charge < -0.3 is 5.32 Å². The first-order valence-corrected chi connectivity index (χ1v) is 13.7. The first-order chi connectivity index (χ1) is 18.6. The molecule has 1 aromatic heterocycles. The minimum absolute atomic E-state index is 0.223. The zero-order valence-electron chi connectivity index (χ0n) is 20.6. The van der Waals surface area contributed by atoms with Crippen LogP contribution in [0.15, 0.2) is 112 Å². The summed E-state index contributed by atoms with van der Waals surface area (Å²) in [6.07, 6.45) is 1.61. The molecule has 0 aliphatic heterocycles. The molecule has 0 spiro atoms. The van der Waals surface area contributed by atoms with Gasteiger partial charge in [0.2, 0.25) is 0 Å². The van der Waals surface area contributed by atoms with Crippen LogP contribution in [0.5, 0.6) is 0 Å². The van der Waals surface area contributed by atoms with Gasteiger partial charge in [-0.1, -0.05) is 94.4 Å². The van der Waals surface area contributed by atoms with Crippen molar-refractivity contribution in [1.82, 2.24) is 20.2 Å². The van der Waals surface area contributed by atoms with E-state index in [1.165, 1.54) is 17.1 Å². The number of benzene rings is 4. The van der Waals surface area contributed by atoms with Gasteiger partial charge in [0.25, 0.3) is 5.91 Å². The molecule has 1 unspecified atom stereocenters. The number of carbonyl (C=O) groups is 1. The Hall–Kier alpha value is -3.95. The molecule has 0 saturated carbocycles. The van der Waals surface area contributed by atoms with Crippen LogP contribution in [-0.2, 0) is 11.3 Å². The number of para-hydroxylation sites is 1. The molecule has 0 bridgehead atoms. The van der Waals surface area contributed by atoms with Crippen molar-refractivity contribution in [2.24, 2.45) is 5.10 Å². The first-order valence-electron chi connectivity index (χ1n) is 12.0.